The van der Waals surface area contributed by atoms with Gasteiger partial charge in [0, 0.05) is 12.5 Å². The molecule has 0 aliphatic heterocycles. The monoisotopic (exact) mass is 268 g/mol. The number of aromatic nitrogens is 1. The number of anilines is 1. The second-order valence-corrected chi connectivity index (χ2v) is 7.60. The van der Waals surface area contributed by atoms with Gasteiger partial charge in [0.2, 0.25) is 0 Å². The maximum atomic E-state index is 11.6. The molecule has 2 unspecified atom stereocenters. The molecule has 0 spiro atoms. The summed E-state index contributed by atoms with van der Waals surface area (Å²) in [4.78, 5) is 3.97. The van der Waals surface area contributed by atoms with Crippen LogP contribution in [0.3, 0.4) is 0 Å². The van der Waals surface area contributed by atoms with Crippen molar-refractivity contribution < 1.29 is 8.42 Å². The molecule has 4 nitrogen and oxygen atoms in total. The molecule has 0 amide bonds. The fourth-order valence-electron chi connectivity index (χ4n) is 2.77. The third-order valence-electron chi connectivity index (χ3n) is 3.71. The van der Waals surface area contributed by atoms with Gasteiger partial charge in [0.1, 0.15) is 15.7 Å². The molecule has 2 rings (SSSR count). The summed E-state index contributed by atoms with van der Waals surface area (Å²) >= 11 is 0. The molecular formula is C13H20N2O2S. The first-order valence-corrected chi connectivity index (χ1v) is 8.30. The van der Waals surface area contributed by atoms with Crippen LogP contribution in [0.2, 0.25) is 0 Å². The molecule has 100 valence electrons. The minimum absolute atomic E-state index is 0.157. The minimum Gasteiger partial charge on any atom is -0.384 e. The molecule has 1 aromatic rings. The van der Waals surface area contributed by atoms with Gasteiger partial charge in [0.05, 0.1) is 5.25 Å². The second kappa shape index (κ2) is 5.26. The van der Waals surface area contributed by atoms with E-state index in [0.29, 0.717) is 11.7 Å². The van der Waals surface area contributed by atoms with Crippen LogP contribution in [-0.2, 0) is 16.3 Å². The average Bonchev–Trinajstić information content (AvgIpc) is 2.28. The number of hydrogen-bond acceptors (Lipinski definition) is 4. The van der Waals surface area contributed by atoms with Gasteiger partial charge in [-0.3, -0.25) is 0 Å². The highest BCUT2D eigenvalue weighted by Crippen LogP contribution is 2.30. The Morgan fingerprint density at radius 2 is 2.22 bits per heavy atom. The van der Waals surface area contributed by atoms with Crippen molar-refractivity contribution >= 4 is 15.7 Å². The highest BCUT2D eigenvalue weighted by atomic mass is 32.2. The smallest absolute Gasteiger partial charge is 0.150 e. The Hall–Kier alpha value is -1.10. The van der Waals surface area contributed by atoms with Crippen molar-refractivity contribution in [1.82, 2.24) is 4.98 Å². The first-order chi connectivity index (χ1) is 8.45. The van der Waals surface area contributed by atoms with E-state index in [1.165, 1.54) is 6.26 Å². The molecule has 1 saturated carbocycles. The number of rotatable bonds is 3. The summed E-state index contributed by atoms with van der Waals surface area (Å²) in [6.45, 7) is 0. The predicted octanol–water partition coefficient (Wildman–Crippen LogP) is 1.81. The van der Waals surface area contributed by atoms with Gasteiger partial charge >= 0.3 is 0 Å². The van der Waals surface area contributed by atoms with Gasteiger partial charge in [-0.2, -0.15) is 0 Å². The highest BCUT2D eigenvalue weighted by Gasteiger charge is 2.28. The summed E-state index contributed by atoms with van der Waals surface area (Å²) in [6.07, 6.45) is 7.66. The quantitative estimate of drug-likeness (QED) is 0.907. The molecule has 5 heteroatoms. The molecule has 1 aromatic heterocycles. The van der Waals surface area contributed by atoms with Crippen molar-refractivity contribution in [2.45, 2.75) is 37.4 Å². The van der Waals surface area contributed by atoms with E-state index >= 15 is 0 Å². The van der Waals surface area contributed by atoms with Gasteiger partial charge in [-0.05, 0) is 42.9 Å². The maximum absolute atomic E-state index is 11.6. The standard InChI is InChI=1S/C13H20N2O2S/c1-18(16,17)12-4-2-3-10(8-12)7-11-5-6-15-13(14)9-11/h5-6,9-10,12H,2-4,7-8H2,1H3,(H2,14,15). The molecular weight excluding hydrogens is 248 g/mol. The number of nitrogen functional groups attached to an aromatic ring is 1. The van der Waals surface area contributed by atoms with Gasteiger partial charge in [-0.15, -0.1) is 0 Å². The third-order valence-corrected chi connectivity index (χ3v) is 5.35. The van der Waals surface area contributed by atoms with E-state index in [9.17, 15) is 8.42 Å². The summed E-state index contributed by atoms with van der Waals surface area (Å²) in [7, 11) is -2.90. The van der Waals surface area contributed by atoms with Crippen molar-refractivity contribution in [2.75, 3.05) is 12.0 Å². The predicted molar refractivity (Wildman–Crippen MR) is 72.9 cm³/mol. The largest absolute Gasteiger partial charge is 0.384 e. The van der Waals surface area contributed by atoms with Gasteiger partial charge < -0.3 is 5.73 Å². The molecule has 18 heavy (non-hydrogen) atoms. The zero-order chi connectivity index (χ0) is 13.2. The SMILES string of the molecule is CS(=O)(=O)C1CCCC(Cc2ccnc(N)c2)C1. The molecule has 1 aliphatic carbocycles. The van der Waals surface area contributed by atoms with Crippen LogP contribution in [0.1, 0.15) is 31.2 Å². The van der Waals surface area contributed by atoms with Crippen LogP contribution in [0.4, 0.5) is 5.82 Å². The van der Waals surface area contributed by atoms with Crippen LogP contribution in [0.5, 0.6) is 0 Å². The van der Waals surface area contributed by atoms with Crippen LogP contribution < -0.4 is 5.73 Å². The molecule has 1 fully saturated rings. The van der Waals surface area contributed by atoms with Gasteiger partial charge in [-0.25, -0.2) is 13.4 Å². The fraction of sp³-hybridized carbons (Fsp3) is 0.615. The third kappa shape index (κ3) is 3.45. The maximum Gasteiger partial charge on any atom is 0.150 e. The molecule has 0 bridgehead atoms. The summed E-state index contributed by atoms with van der Waals surface area (Å²) in [5.74, 6) is 0.975. The van der Waals surface area contributed by atoms with Crippen LogP contribution in [0.25, 0.3) is 0 Å². The van der Waals surface area contributed by atoms with E-state index in [-0.39, 0.29) is 5.25 Å². The molecule has 0 radical (unpaired) electrons. The lowest BCUT2D eigenvalue weighted by Gasteiger charge is -2.28. The molecule has 2 N–H and O–H groups in total. The van der Waals surface area contributed by atoms with E-state index < -0.39 is 9.84 Å². The van der Waals surface area contributed by atoms with Crippen molar-refractivity contribution in [2.24, 2.45) is 5.92 Å². The van der Waals surface area contributed by atoms with Crippen LogP contribution in [-0.4, -0.2) is 24.9 Å². The summed E-state index contributed by atoms with van der Waals surface area (Å²) < 4.78 is 23.2. The average molecular weight is 268 g/mol. The van der Waals surface area contributed by atoms with E-state index in [4.69, 9.17) is 5.73 Å². The van der Waals surface area contributed by atoms with Gasteiger partial charge in [0.15, 0.2) is 0 Å². The highest BCUT2D eigenvalue weighted by molar-refractivity contribution is 7.91. The van der Waals surface area contributed by atoms with Gasteiger partial charge in [-0.1, -0.05) is 12.8 Å². The lowest BCUT2D eigenvalue weighted by Crippen LogP contribution is -2.28. The Kier molecular flexibility index (Phi) is 3.90. The van der Waals surface area contributed by atoms with Crippen molar-refractivity contribution in [1.29, 1.82) is 0 Å². The van der Waals surface area contributed by atoms with Crippen LogP contribution in [0.15, 0.2) is 18.3 Å². The number of sulfone groups is 1. The lowest BCUT2D eigenvalue weighted by atomic mass is 9.84. The van der Waals surface area contributed by atoms with E-state index in [1.807, 2.05) is 12.1 Å². The summed E-state index contributed by atoms with van der Waals surface area (Å²) in [5.41, 5.74) is 6.81. The summed E-state index contributed by atoms with van der Waals surface area (Å²) in [6, 6.07) is 3.84. The molecule has 2 atom stereocenters. The topological polar surface area (TPSA) is 73.0 Å². The first-order valence-electron chi connectivity index (χ1n) is 6.34. The lowest BCUT2D eigenvalue weighted by molar-refractivity contribution is 0.356. The van der Waals surface area contributed by atoms with Crippen LogP contribution >= 0.6 is 0 Å². The number of nitrogens with two attached hydrogens (primary N) is 1. The summed E-state index contributed by atoms with van der Waals surface area (Å²) in [5, 5.41) is -0.157. The second-order valence-electron chi connectivity index (χ2n) is 5.28. The van der Waals surface area contributed by atoms with E-state index in [2.05, 4.69) is 4.98 Å². The first kappa shape index (κ1) is 13.3. The van der Waals surface area contributed by atoms with E-state index in [1.54, 1.807) is 6.20 Å². The minimum atomic E-state index is -2.90. The Morgan fingerprint density at radius 1 is 1.44 bits per heavy atom. The molecule has 0 saturated heterocycles. The van der Waals surface area contributed by atoms with Crippen LogP contribution in [0, 0.1) is 5.92 Å². The molecule has 1 aliphatic rings. The fourth-order valence-corrected chi connectivity index (χ4v) is 3.99. The number of pyridine rings is 1. The Labute approximate surface area is 109 Å². The molecule has 1 heterocycles. The Balaban J connectivity index is 2.02. The zero-order valence-electron chi connectivity index (χ0n) is 10.7. The Bertz CT molecular complexity index is 513. The van der Waals surface area contributed by atoms with Crippen molar-refractivity contribution in [3.63, 3.8) is 0 Å². The van der Waals surface area contributed by atoms with Crippen molar-refractivity contribution in [3.8, 4) is 0 Å². The van der Waals surface area contributed by atoms with Crippen molar-refractivity contribution in [3.05, 3.63) is 23.9 Å². The zero-order valence-corrected chi connectivity index (χ0v) is 11.5. The van der Waals surface area contributed by atoms with Gasteiger partial charge in [0.25, 0.3) is 0 Å². The number of hydrogen-bond donors (Lipinski definition) is 1. The molecule has 0 aromatic carbocycles. The normalized spacial score (nSPS) is 24.9. The Morgan fingerprint density at radius 3 is 2.89 bits per heavy atom. The van der Waals surface area contributed by atoms with E-state index in [0.717, 1.165) is 37.7 Å². The number of nitrogens with zero attached hydrogens (tertiary/aromatic N) is 1.